The van der Waals surface area contributed by atoms with Crippen LogP contribution in [0, 0.1) is 0 Å². The van der Waals surface area contributed by atoms with Gasteiger partial charge < -0.3 is 16.8 Å². The summed E-state index contributed by atoms with van der Waals surface area (Å²) in [5, 5.41) is 2.97. The van der Waals surface area contributed by atoms with Crippen LogP contribution >= 0.6 is 0 Å². The van der Waals surface area contributed by atoms with Crippen molar-refractivity contribution in [3.05, 3.63) is 36.7 Å². The Morgan fingerprint density at radius 1 is 0.867 bits per heavy atom. The maximum Gasteiger partial charge on any atom is 0.154 e. The fourth-order valence-corrected chi connectivity index (χ4v) is 1.16. The lowest BCUT2D eigenvalue weighted by molar-refractivity contribution is 1.26. The number of nitrogen functional groups attached to an aromatic ring is 2. The topological polar surface area (TPSA) is 89.8 Å². The van der Waals surface area contributed by atoms with Crippen LogP contribution in [0.25, 0.3) is 0 Å². The lowest BCUT2D eigenvalue weighted by atomic mass is 10.3. The summed E-state index contributed by atoms with van der Waals surface area (Å²) < 4.78 is 0. The van der Waals surface area contributed by atoms with Crippen LogP contribution in [0.3, 0.4) is 0 Å². The first kappa shape index (κ1) is 9.26. The molecule has 0 saturated carbocycles. The molecule has 0 fully saturated rings. The van der Waals surface area contributed by atoms with Gasteiger partial charge in [0.1, 0.15) is 0 Å². The predicted octanol–water partition coefficient (Wildman–Crippen LogP) is 1.38. The monoisotopic (exact) mass is 201 g/mol. The predicted molar refractivity (Wildman–Crippen MR) is 60.6 cm³/mol. The first-order chi connectivity index (χ1) is 7.27. The van der Waals surface area contributed by atoms with Crippen molar-refractivity contribution in [2.24, 2.45) is 0 Å². The second-order valence-corrected chi connectivity index (χ2v) is 3.01. The number of hydrogen-bond acceptors (Lipinski definition) is 5. The molecule has 0 spiro atoms. The molecular weight excluding hydrogens is 190 g/mol. The van der Waals surface area contributed by atoms with Crippen molar-refractivity contribution >= 4 is 23.0 Å². The van der Waals surface area contributed by atoms with Gasteiger partial charge in [-0.3, -0.25) is 0 Å². The number of pyridine rings is 2. The second kappa shape index (κ2) is 3.83. The molecule has 2 rings (SSSR count). The standard InChI is InChI=1S/C10H11N5/c11-7-3-1-5-13-9(7)15-10-8(12)4-2-6-14-10/h1-6H,11-12H2,(H,13,14,15). The van der Waals surface area contributed by atoms with Crippen molar-refractivity contribution in [3.8, 4) is 0 Å². The Bertz CT molecular complexity index is 425. The molecule has 5 N–H and O–H groups in total. The van der Waals surface area contributed by atoms with Crippen molar-refractivity contribution < 1.29 is 0 Å². The molecular formula is C10H11N5. The van der Waals surface area contributed by atoms with Crippen molar-refractivity contribution in [2.75, 3.05) is 16.8 Å². The van der Waals surface area contributed by atoms with Gasteiger partial charge in [0.2, 0.25) is 0 Å². The van der Waals surface area contributed by atoms with E-state index in [-0.39, 0.29) is 0 Å². The Balaban J connectivity index is 2.30. The summed E-state index contributed by atoms with van der Waals surface area (Å²) in [4.78, 5) is 8.17. The lowest BCUT2D eigenvalue weighted by Crippen LogP contribution is -2.02. The first-order valence-corrected chi connectivity index (χ1v) is 4.45. The third-order valence-corrected chi connectivity index (χ3v) is 1.91. The Morgan fingerprint density at radius 2 is 1.33 bits per heavy atom. The number of rotatable bonds is 2. The number of nitrogens with zero attached hydrogens (tertiary/aromatic N) is 2. The number of nitrogens with one attached hydrogen (secondary N) is 1. The normalized spacial score (nSPS) is 9.87. The van der Waals surface area contributed by atoms with Gasteiger partial charge >= 0.3 is 0 Å². The average molecular weight is 201 g/mol. The Hall–Kier alpha value is -2.30. The Kier molecular flexibility index (Phi) is 2.37. The third-order valence-electron chi connectivity index (χ3n) is 1.91. The first-order valence-electron chi connectivity index (χ1n) is 4.45. The van der Waals surface area contributed by atoms with Gasteiger partial charge in [-0.25, -0.2) is 9.97 Å². The zero-order valence-corrected chi connectivity index (χ0v) is 8.01. The highest BCUT2D eigenvalue weighted by molar-refractivity contribution is 5.72. The van der Waals surface area contributed by atoms with E-state index in [9.17, 15) is 0 Å². The van der Waals surface area contributed by atoms with Crippen LogP contribution in [0.4, 0.5) is 23.0 Å². The van der Waals surface area contributed by atoms with Gasteiger partial charge in [0.25, 0.3) is 0 Å². The minimum Gasteiger partial charge on any atom is -0.396 e. The maximum absolute atomic E-state index is 5.72. The summed E-state index contributed by atoms with van der Waals surface area (Å²) >= 11 is 0. The number of hydrogen-bond donors (Lipinski definition) is 3. The van der Waals surface area contributed by atoms with Crippen LogP contribution in [0.5, 0.6) is 0 Å². The summed E-state index contributed by atoms with van der Waals surface area (Å²) in [5.41, 5.74) is 12.6. The van der Waals surface area contributed by atoms with E-state index >= 15 is 0 Å². The van der Waals surface area contributed by atoms with Gasteiger partial charge in [-0.1, -0.05) is 0 Å². The van der Waals surface area contributed by atoms with E-state index in [1.165, 1.54) is 0 Å². The minimum absolute atomic E-state index is 0.558. The summed E-state index contributed by atoms with van der Waals surface area (Å²) in [6, 6.07) is 7.05. The molecule has 2 heterocycles. The van der Waals surface area contributed by atoms with Crippen molar-refractivity contribution in [1.29, 1.82) is 0 Å². The van der Waals surface area contributed by atoms with E-state index < -0.39 is 0 Å². The van der Waals surface area contributed by atoms with Crippen molar-refractivity contribution in [3.63, 3.8) is 0 Å². The van der Waals surface area contributed by atoms with E-state index in [2.05, 4.69) is 15.3 Å². The van der Waals surface area contributed by atoms with Crippen molar-refractivity contribution in [1.82, 2.24) is 9.97 Å². The molecule has 0 amide bonds. The molecule has 0 aliphatic heterocycles. The van der Waals surface area contributed by atoms with E-state index in [0.717, 1.165) is 0 Å². The maximum atomic E-state index is 5.72. The molecule has 0 aromatic carbocycles. The van der Waals surface area contributed by atoms with Crippen LogP contribution in [0.1, 0.15) is 0 Å². The fourth-order valence-electron chi connectivity index (χ4n) is 1.16. The summed E-state index contributed by atoms with van der Waals surface area (Å²) in [6.45, 7) is 0. The average Bonchev–Trinajstić information content (AvgIpc) is 2.24. The summed E-state index contributed by atoms with van der Waals surface area (Å²) in [5.74, 6) is 1.12. The zero-order valence-electron chi connectivity index (χ0n) is 8.01. The van der Waals surface area contributed by atoms with E-state index in [0.29, 0.717) is 23.0 Å². The molecule has 0 unspecified atom stereocenters. The smallest absolute Gasteiger partial charge is 0.154 e. The van der Waals surface area contributed by atoms with Gasteiger partial charge in [-0.15, -0.1) is 0 Å². The highest BCUT2D eigenvalue weighted by Crippen LogP contribution is 2.21. The molecule has 2 aromatic rings. The molecule has 0 aliphatic carbocycles. The molecule has 0 bridgehead atoms. The molecule has 0 atom stereocenters. The molecule has 0 saturated heterocycles. The van der Waals surface area contributed by atoms with Crippen LogP contribution in [0.15, 0.2) is 36.7 Å². The van der Waals surface area contributed by atoms with Gasteiger partial charge in [0, 0.05) is 12.4 Å². The third kappa shape index (κ3) is 1.96. The van der Waals surface area contributed by atoms with Gasteiger partial charge in [0.15, 0.2) is 11.6 Å². The molecule has 15 heavy (non-hydrogen) atoms. The molecule has 0 aliphatic rings. The number of anilines is 4. The summed E-state index contributed by atoms with van der Waals surface area (Å²) in [6.07, 6.45) is 3.30. The van der Waals surface area contributed by atoms with Gasteiger partial charge in [0.05, 0.1) is 11.4 Å². The van der Waals surface area contributed by atoms with Crippen LogP contribution in [-0.2, 0) is 0 Å². The fraction of sp³-hybridized carbons (Fsp3) is 0. The molecule has 5 heteroatoms. The SMILES string of the molecule is Nc1cccnc1Nc1ncccc1N. The van der Waals surface area contributed by atoms with Crippen molar-refractivity contribution in [2.45, 2.75) is 0 Å². The highest BCUT2D eigenvalue weighted by Gasteiger charge is 2.03. The zero-order chi connectivity index (χ0) is 10.7. The summed E-state index contributed by atoms with van der Waals surface area (Å²) in [7, 11) is 0. The van der Waals surface area contributed by atoms with E-state index in [1.54, 1.807) is 36.7 Å². The molecule has 76 valence electrons. The van der Waals surface area contributed by atoms with E-state index in [1.807, 2.05) is 0 Å². The van der Waals surface area contributed by atoms with Gasteiger partial charge in [-0.05, 0) is 24.3 Å². The van der Waals surface area contributed by atoms with Gasteiger partial charge in [-0.2, -0.15) is 0 Å². The van der Waals surface area contributed by atoms with Crippen LogP contribution < -0.4 is 16.8 Å². The molecule has 5 nitrogen and oxygen atoms in total. The minimum atomic E-state index is 0.558. The van der Waals surface area contributed by atoms with Crippen LogP contribution in [0.2, 0.25) is 0 Å². The number of nitrogens with two attached hydrogens (primary N) is 2. The quantitative estimate of drug-likeness (QED) is 0.683. The Morgan fingerprint density at radius 3 is 1.73 bits per heavy atom. The molecule has 0 radical (unpaired) electrons. The second-order valence-electron chi connectivity index (χ2n) is 3.01. The van der Waals surface area contributed by atoms with E-state index in [4.69, 9.17) is 11.5 Å². The lowest BCUT2D eigenvalue weighted by Gasteiger charge is -2.08. The molecule has 2 aromatic heterocycles. The largest absolute Gasteiger partial charge is 0.396 e. The van der Waals surface area contributed by atoms with Crippen LogP contribution in [-0.4, -0.2) is 9.97 Å². The highest BCUT2D eigenvalue weighted by atomic mass is 15.1. The number of aromatic nitrogens is 2. The Labute approximate surface area is 87.2 Å².